The van der Waals surface area contributed by atoms with Crippen molar-refractivity contribution in [3.05, 3.63) is 58.4 Å². The van der Waals surface area contributed by atoms with Gasteiger partial charge < -0.3 is 9.72 Å². The summed E-state index contributed by atoms with van der Waals surface area (Å²) >= 11 is 1.68. The highest BCUT2D eigenvalue weighted by molar-refractivity contribution is 7.09. The standard InChI is InChI=1S/C19H19NO3S/c1-13(23-18(21)10-4-6-14-7-5-11-24-14)19(22)16-12-20-17-9-3-2-8-15(16)17/h2-3,5,7-9,11-13,20H,4,6,10H2,1H3/t13-/m0/s1. The van der Waals surface area contributed by atoms with Crippen LogP contribution in [0.5, 0.6) is 0 Å². The molecule has 2 heterocycles. The van der Waals surface area contributed by atoms with Crippen LogP contribution in [0.25, 0.3) is 10.9 Å². The first-order chi connectivity index (χ1) is 11.6. The zero-order valence-electron chi connectivity index (χ0n) is 13.5. The second kappa shape index (κ2) is 7.45. The molecule has 4 nitrogen and oxygen atoms in total. The molecule has 2 aromatic heterocycles. The molecule has 1 atom stereocenters. The minimum Gasteiger partial charge on any atom is -0.454 e. The third-order valence-corrected chi connectivity index (χ3v) is 4.85. The molecule has 0 aliphatic carbocycles. The van der Waals surface area contributed by atoms with E-state index in [1.807, 2.05) is 35.7 Å². The van der Waals surface area contributed by atoms with Gasteiger partial charge in [0, 0.05) is 34.0 Å². The first-order valence-corrected chi connectivity index (χ1v) is 8.85. The molecule has 0 fully saturated rings. The quantitative estimate of drug-likeness (QED) is 0.513. The Labute approximate surface area is 144 Å². The number of carbonyl (C=O) groups excluding carboxylic acids is 2. The van der Waals surface area contributed by atoms with Gasteiger partial charge in [-0.1, -0.05) is 24.3 Å². The van der Waals surface area contributed by atoms with E-state index in [2.05, 4.69) is 11.1 Å². The van der Waals surface area contributed by atoms with Gasteiger partial charge in [0.05, 0.1) is 0 Å². The lowest BCUT2D eigenvalue weighted by Gasteiger charge is -2.11. The summed E-state index contributed by atoms with van der Waals surface area (Å²) in [6, 6.07) is 11.6. The van der Waals surface area contributed by atoms with Gasteiger partial charge in [-0.05, 0) is 37.3 Å². The highest BCUT2D eigenvalue weighted by Gasteiger charge is 2.21. The smallest absolute Gasteiger partial charge is 0.306 e. The van der Waals surface area contributed by atoms with E-state index >= 15 is 0 Å². The van der Waals surface area contributed by atoms with Gasteiger partial charge in [-0.25, -0.2) is 0 Å². The van der Waals surface area contributed by atoms with Crippen LogP contribution in [0.4, 0.5) is 0 Å². The third kappa shape index (κ3) is 3.74. The van der Waals surface area contributed by atoms with Crippen molar-refractivity contribution in [2.45, 2.75) is 32.3 Å². The van der Waals surface area contributed by atoms with Crippen LogP contribution in [0.2, 0.25) is 0 Å². The maximum atomic E-state index is 12.5. The summed E-state index contributed by atoms with van der Waals surface area (Å²) in [6.45, 7) is 1.63. The first kappa shape index (κ1) is 16.5. The number of esters is 1. The molecule has 24 heavy (non-hydrogen) atoms. The van der Waals surface area contributed by atoms with Crippen LogP contribution in [0.15, 0.2) is 48.0 Å². The number of benzene rings is 1. The fraction of sp³-hybridized carbons (Fsp3) is 0.263. The van der Waals surface area contributed by atoms with E-state index in [4.69, 9.17) is 4.74 Å². The molecule has 0 radical (unpaired) electrons. The number of aromatic nitrogens is 1. The monoisotopic (exact) mass is 341 g/mol. The number of ketones is 1. The van der Waals surface area contributed by atoms with Gasteiger partial charge in [-0.15, -0.1) is 11.3 Å². The number of hydrogen-bond acceptors (Lipinski definition) is 4. The SMILES string of the molecule is C[C@H](OC(=O)CCCc1cccs1)C(=O)c1c[nH]c2ccccc12. The predicted octanol–water partition coefficient (Wildman–Crippen LogP) is 4.37. The second-order valence-electron chi connectivity index (χ2n) is 5.68. The number of hydrogen-bond donors (Lipinski definition) is 1. The lowest BCUT2D eigenvalue weighted by molar-refractivity contribution is -0.146. The molecule has 0 aliphatic heterocycles. The van der Waals surface area contributed by atoms with Crippen LogP contribution < -0.4 is 0 Å². The van der Waals surface area contributed by atoms with Gasteiger partial charge in [-0.2, -0.15) is 0 Å². The van der Waals surface area contributed by atoms with E-state index in [9.17, 15) is 9.59 Å². The molecule has 0 aliphatic rings. The average molecular weight is 341 g/mol. The summed E-state index contributed by atoms with van der Waals surface area (Å²) in [6.07, 6.45) is 2.81. The molecule has 3 aromatic rings. The summed E-state index contributed by atoms with van der Waals surface area (Å²) in [5.41, 5.74) is 1.46. The second-order valence-corrected chi connectivity index (χ2v) is 6.71. The maximum Gasteiger partial charge on any atom is 0.306 e. The van der Waals surface area contributed by atoms with Crippen molar-refractivity contribution in [3.63, 3.8) is 0 Å². The number of ether oxygens (including phenoxy) is 1. The molecule has 1 N–H and O–H groups in total. The van der Waals surface area contributed by atoms with Crippen molar-refractivity contribution >= 4 is 34.0 Å². The zero-order chi connectivity index (χ0) is 16.9. The fourth-order valence-corrected chi connectivity index (χ4v) is 3.42. The number of carbonyl (C=O) groups is 2. The average Bonchev–Trinajstić information content (AvgIpc) is 3.23. The highest BCUT2D eigenvalue weighted by atomic mass is 32.1. The largest absolute Gasteiger partial charge is 0.454 e. The Bertz CT molecular complexity index is 835. The fourth-order valence-electron chi connectivity index (χ4n) is 2.67. The Hall–Kier alpha value is -2.40. The van der Waals surface area contributed by atoms with Crippen LogP contribution in [-0.4, -0.2) is 22.8 Å². The Morgan fingerprint density at radius 3 is 2.83 bits per heavy atom. The Kier molecular flexibility index (Phi) is 5.11. The molecule has 3 rings (SSSR count). The molecule has 0 bridgehead atoms. The van der Waals surface area contributed by atoms with E-state index in [1.54, 1.807) is 24.5 Å². The van der Waals surface area contributed by atoms with Gasteiger partial charge in [-0.3, -0.25) is 9.59 Å². The number of rotatable bonds is 7. The van der Waals surface area contributed by atoms with Crippen molar-refractivity contribution < 1.29 is 14.3 Å². The molecule has 0 unspecified atom stereocenters. The minimum absolute atomic E-state index is 0.181. The van der Waals surface area contributed by atoms with E-state index in [-0.39, 0.29) is 11.8 Å². The van der Waals surface area contributed by atoms with Gasteiger partial charge in [0.15, 0.2) is 6.10 Å². The number of H-pyrrole nitrogens is 1. The van der Waals surface area contributed by atoms with E-state index in [0.29, 0.717) is 12.0 Å². The van der Waals surface area contributed by atoms with Crippen molar-refractivity contribution in [3.8, 4) is 0 Å². The molecule has 124 valence electrons. The van der Waals surface area contributed by atoms with Gasteiger partial charge in [0.1, 0.15) is 0 Å². The van der Waals surface area contributed by atoms with Crippen LogP contribution in [0.1, 0.15) is 35.0 Å². The lowest BCUT2D eigenvalue weighted by Crippen LogP contribution is -2.24. The molecular weight excluding hydrogens is 322 g/mol. The number of para-hydroxylation sites is 1. The van der Waals surface area contributed by atoms with E-state index < -0.39 is 6.10 Å². The molecule has 0 saturated carbocycles. The predicted molar refractivity (Wildman–Crippen MR) is 95.4 cm³/mol. The minimum atomic E-state index is -0.779. The van der Waals surface area contributed by atoms with Gasteiger partial charge in [0.2, 0.25) is 5.78 Å². The van der Waals surface area contributed by atoms with E-state index in [1.165, 1.54) is 4.88 Å². The molecular formula is C19H19NO3S. The number of aromatic amines is 1. The Balaban J connectivity index is 1.54. The number of nitrogens with one attached hydrogen (secondary N) is 1. The first-order valence-electron chi connectivity index (χ1n) is 7.97. The summed E-state index contributed by atoms with van der Waals surface area (Å²) < 4.78 is 5.31. The van der Waals surface area contributed by atoms with Crippen molar-refractivity contribution in [2.24, 2.45) is 0 Å². The molecule has 0 amide bonds. The van der Waals surface area contributed by atoms with Crippen molar-refractivity contribution in [1.29, 1.82) is 0 Å². The number of fused-ring (bicyclic) bond motifs is 1. The van der Waals surface area contributed by atoms with Crippen molar-refractivity contribution in [2.75, 3.05) is 0 Å². The van der Waals surface area contributed by atoms with Gasteiger partial charge >= 0.3 is 5.97 Å². The summed E-state index contributed by atoms with van der Waals surface area (Å²) in [7, 11) is 0. The third-order valence-electron chi connectivity index (χ3n) is 3.92. The molecule has 1 aromatic carbocycles. The van der Waals surface area contributed by atoms with E-state index in [0.717, 1.165) is 23.7 Å². The normalized spacial score (nSPS) is 12.2. The number of aryl methyl sites for hydroxylation is 1. The highest BCUT2D eigenvalue weighted by Crippen LogP contribution is 2.20. The van der Waals surface area contributed by atoms with Crippen LogP contribution >= 0.6 is 11.3 Å². The lowest BCUT2D eigenvalue weighted by atomic mass is 10.1. The summed E-state index contributed by atoms with van der Waals surface area (Å²) in [4.78, 5) is 28.8. The molecule has 0 saturated heterocycles. The molecule has 5 heteroatoms. The Morgan fingerprint density at radius 1 is 1.21 bits per heavy atom. The van der Waals surface area contributed by atoms with Gasteiger partial charge in [0.25, 0.3) is 0 Å². The topological polar surface area (TPSA) is 59.2 Å². The summed E-state index contributed by atoms with van der Waals surface area (Å²) in [5, 5.41) is 2.87. The Morgan fingerprint density at radius 2 is 2.04 bits per heavy atom. The van der Waals surface area contributed by atoms with Crippen LogP contribution in [0, 0.1) is 0 Å². The van der Waals surface area contributed by atoms with Crippen LogP contribution in [0.3, 0.4) is 0 Å². The van der Waals surface area contributed by atoms with Crippen LogP contribution in [-0.2, 0) is 16.0 Å². The van der Waals surface area contributed by atoms with Crippen molar-refractivity contribution in [1.82, 2.24) is 4.98 Å². The number of Topliss-reactive ketones (excluding diaryl/α,β-unsaturated/α-hetero) is 1. The maximum absolute atomic E-state index is 12.5. The zero-order valence-corrected chi connectivity index (χ0v) is 14.3. The molecule has 0 spiro atoms. The number of thiophene rings is 1. The summed E-state index contributed by atoms with van der Waals surface area (Å²) in [5.74, 6) is -0.508.